The number of allylic oxidation sites excluding steroid dienone is 1. The predicted molar refractivity (Wildman–Crippen MR) is 80.6 cm³/mol. The molecule has 1 aliphatic carbocycles. The van der Waals surface area contributed by atoms with E-state index in [4.69, 9.17) is 5.73 Å². The average molecular weight is 252 g/mol. The van der Waals surface area contributed by atoms with Gasteiger partial charge in [-0.1, -0.05) is 38.8 Å². The first-order valence-electron chi connectivity index (χ1n) is 7.70. The zero-order chi connectivity index (χ0) is 13.4. The Morgan fingerprint density at radius 3 is 2.72 bits per heavy atom. The molecule has 0 aromatic heterocycles. The first kappa shape index (κ1) is 15.7. The van der Waals surface area contributed by atoms with E-state index in [0.717, 1.165) is 31.3 Å². The van der Waals surface area contributed by atoms with Gasteiger partial charge < -0.3 is 11.1 Å². The molecule has 0 aliphatic heterocycles. The lowest BCUT2D eigenvalue weighted by Gasteiger charge is -2.33. The summed E-state index contributed by atoms with van der Waals surface area (Å²) in [5.74, 6) is 1.72. The highest BCUT2D eigenvalue weighted by Gasteiger charge is 2.31. The number of hydrogen-bond donors (Lipinski definition) is 2. The summed E-state index contributed by atoms with van der Waals surface area (Å²) in [5.41, 5.74) is 6.28. The molecule has 2 nitrogen and oxygen atoms in total. The number of rotatable bonds is 6. The monoisotopic (exact) mass is 252 g/mol. The molecule has 0 heterocycles. The largest absolute Gasteiger partial charge is 0.329 e. The van der Waals surface area contributed by atoms with Gasteiger partial charge in [-0.25, -0.2) is 0 Å². The van der Waals surface area contributed by atoms with Crippen LogP contribution in [0.5, 0.6) is 0 Å². The van der Waals surface area contributed by atoms with E-state index in [0.29, 0.717) is 0 Å². The molecule has 0 saturated heterocycles. The zero-order valence-electron chi connectivity index (χ0n) is 12.5. The second kappa shape index (κ2) is 7.96. The standard InChI is InChI=1S/C16H32N2/c1-4-5-6-12-18-16(13-17)10-7-8-15(9-11-16)14(2)3/h4-5,14-15,18H,6-13,17H2,1-3H3/b5-4+. The van der Waals surface area contributed by atoms with Crippen LogP contribution in [0.15, 0.2) is 12.2 Å². The molecule has 0 aromatic carbocycles. The highest BCUT2D eigenvalue weighted by molar-refractivity contribution is 4.93. The lowest BCUT2D eigenvalue weighted by Crippen LogP contribution is -2.51. The van der Waals surface area contributed by atoms with Gasteiger partial charge in [0.2, 0.25) is 0 Å². The summed E-state index contributed by atoms with van der Waals surface area (Å²) in [6.45, 7) is 8.65. The van der Waals surface area contributed by atoms with E-state index in [2.05, 4.69) is 38.2 Å². The van der Waals surface area contributed by atoms with Crippen molar-refractivity contribution in [3.63, 3.8) is 0 Å². The fourth-order valence-electron chi connectivity index (χ4n) is 3.14. The number of nitrogens with two attached hydrogens (primary N) is 1. The third-order valence-corrected chi connectivity index (χ3v) is 4.60. The van der Waals surface area contributed by atoms with Crippen molar-refractivity contribution in [3.05, 3.63) is 12.2 Å². The summed E-state index contributed by atoms with van der Waals surface area (Å²) in [6, 6.07) is 0. The molecule has 0 bridgehead atoms. The smallest absolute Gasteiger partial charge is 0.0304 e. The van der Waals surface area contributed by atoms with Crippen LogP contribution in [0, 0.1) is 11.8 Å². The van der Waals surface area contributed by atoms with Crippen molar-refractivity contribution >= 4 is 0 Å². The van der Waals surface area contributed by atoms with Crippen molar-refractivity contribution in [2.75, 3.05) is 13.1 Å². The molecule has 0 amide bonds. The maximum Gasteiger partial charge on any atom is 0.0304 e. The van der Waals surface area contributed by atoms with Crippen LogP contribution in [-0.4, -0.2) is 18.6 Å². The van der Waals surface area contributed by atoms with E-state index in [1.54, 1.807) is 0 Å². The first-order valence-corrected chi connectivity index (χ1v) is 7.70. The Morgan fingerprint density at radius 2 is 2.11 bits per heavy atom. The number of hydrogen-bond acceptors (Lipinski definition) is 2. The van der Waals surface area contributed by atoms with Gasteiger partial charge in [-0.2, -0.15) is 0 Å². The van der Waals surface area contributed by atoms with Crippen LogP contribution >= 0.6 is 0 Å². The highest BCUT2D eigenvalue weighted by atomic mass is 15.0. The summed E-state index contributed by atoms with van der Waals surface area (Å²) in [6.07, 6.45) is 12.0. The van der Waals surface area contributed by atoms with Crippen molar-refractivity contribution in [1.82, 2.24) is 5.32 Å². The van der Waals surface area contributed by atoms with Crippen molar-refractivity contribution in [1.29, 1.82) is 0 Å². The van der Waals surface area contributed by atoms with Crippen LogP contribution in [0.2, 0.25) is 0 Å². The second-order valence-electron chi connectivity index (χ2n) is 6.20. The summed E-state index contributed by atoms with van der Waals surface area (Å²) >= 11 is 0. The Kier molecular flexibility index (Phi) is 6.95. The van der Waals surface area contributed by atoms with Crippen molar-refractivity contribution in [2.24, 2.45) is 17.6 Å². The molecule has 106 valence electrons. The van der Waals surface area contributed by atoms with Gasteiger partial charge in [-0.3, -0.25) is 0 Å². The Bertz CT molecular complexity index is 247. The third-order valence-electron chi connectivity index (χ3n) is 4.60. The third kappa shape index (κ3) is 4.74. The van der Waals surface area contributed by atoms with Gasteiger partial charge in [0.05, 0.1) is 0 Å². The van der Waals surface area contributed by atoms with Crippen LogP contribution in [0.25, 0.3) is 0 Å². The molecule has 1 saturated carbocycles. The zero-order valence-corrected chi connectivity index (χ0v) is 12.5. The maximum atomic E-state index is 6.06. The van der Waals surface area contributed by atoms with Gasteiger partial charge in [-0.05, 0) is 51.0 Å². The molecule has 18 heavy (non-hydrogen) atoms. The van der Waals surface area contributed by atoms with E-state index in [9.17, 15) is 0 Å². The fraction of sp³-hybridized carbons (Fsp3) is 0.875. The maximum absolute atomic E-state index is 6.06. The Hall–Kier alpha value is -0.340. The molecule has 1 aliphatic rings. The van der Waals surface area contributed by atoms with Crippen LogP contribution < -0.4 is 11.1 Å². The van der Waals surface area contributed by atoms with E-state index < -0.39 is 0 Å². The van der Waals surface area contributed by atoms with Gasteiger partial charge in [-0.15, -0.1) is 0 Å². The quantitative estimate of drug-likeness (QED) is 0.431. The molecule has 3 N–H and O–H groups in total. The van der Waals surface area contributed by atoms with Gasteiger partial charge in [0.15, 0.2) is 0 Å². The number of nitrogens with one attached hydrogen (secondary N) is 1. The van der Waals surface area contributed by atoms with Crippen LogP contribution in [0.4, 0.5) is 0 Å². The molecular formula is C16H32N2. The van der Waals surface area contributed by atoms with E-state index >= 15 is 0 Å². The summed E-state index contributed by atoms with van der Waals surface area (Å²) in [4.78, 5) is 0. The van der Waals surface area contributed by atoms with Gasteiger partial charge in [0, 0.05) is 12.1 Å². The molecule has 2 heteroatoms. The lowest BCUT2D eigenvalue weighted by atomic mass is 9.86. The van der Waals surface area contributed by atoms with Gasteiger partial charge in [0.1, 0.15) is 0 Å². The summed E-state index contributed by atoms with van der Waals surface area (Å²) in [7, 11) is 0. The van der Waals surface area contributed by atoms with E-state index in [1.165, 1.54) is 32.1 Å². The Labute approximate surface area is 113 Å². The predicted octanol–water partition coefficient (Wildman–Crippen LogP) is 3.48. The molecular weight excluding hydrogens is 220 g/mol. The lowest BCUT2D eigenvalue weighted by molar-refractivity contribution is 0.281. The van der Waals surface area contributed by atoms with Crippen molar-refractivity contribution < 1.29 is 0 Å². The summed E-state index contributed by atoms with van der Waals surface area (Å²) < 4.78 is 0. The van der Waals surface area contributed by atoms with Gasteiger partial charge in [0.25, 0.3) is 0 Å². The van der Waals surface area contributed by atoms with Crippen LogP contribution in [0.1, 0.15) is 59.3 Å². The Balaban J connectivity index is 2.48. The van der Waals surface area contributed by atoms with Crippen molar-refractivity contribution in [3.8, 4) is 0 Å². The molecule has 1 rings (SSSR count). The fourth-order valence-corrected chi connectivity index (χ4v) is 3.14. The summed E-state index contributed by atoms with van der Waals surface area (Å²) in [5, 5.41) is 3.74. The highest BCUT2D eigenvalue weighted by Crippen LogP contribution is 2.33. The van der Waals surface area contributed by atoms with Crippen molar-refractivity contribution in [2.45, 2.75) is 64.8 Å². The minimum Gasteiger partial charge on any atom is -0.329 e. The topological polar surface area (TPSA) is 38.0 Å². The normalized spacial score (nSPS) is 29.9. The average Bonchev–Trinajstić information content (AvgIpc) is 2.58. The second-order valence-corrected chi connectivity index (χ2v) is 6.20. The van der Waals surface area contributed by atoms with E-state index in [-0.39, 0.29) is 5.54 Å². The minimum absolute atomic E-state index is 0.214. The molecule has 2 unspecified atom stereocenters. The SMILES string of the molecule is C/C=C/CCNC1(CN)CCCC(C(C)C)CC1. The van der Waals surface area contributed by atoms with Gasteiger partial charge >= 0.3 is 0 Å². The minimum atomic E-state index is 0.214. The van der Waals surface area contributed by atoms with Crippen LogP contribution in [0.3, 0.4) is 0 Å². The molecule has 0 radical (unpaired) electrons. The molecule has 0 aromatic rings. The van der Waals surface area contributed by atoms with E-state index in [1.807, 2.05) is 0 Å². The molecule has 1 fully saturated rings. The van der Waals surface area contributed by atoms with Crippen LogP contribution in [-0.2, 0) is 0 Å². The Morgan fingerprint density at radius 1 is 1.33 bits per heavy atom. The first-order chi connectivity index (χ1) is 8.63. The molecule has 0 spiro atoms. The molecule has 2 atom stereocenters.